The molecular weight excluding hydrogens is 314 g/mol. The maximum Gasteiger partial charge on any atom is 0.263 e. The van der Waals surface area contributed by atoms with E-state index in [2.05, 4.69) is 9.82 Å². The number of anilines is 1. The molecule has 0 amide bonds. The lowest BCUT2D eigenvalue weighted by atomic mass is 10.1. The zero-order valence-electron chi connectivity index (χ0n) is 13.0. The van der Waals surface area contributed by atoms with Crippen LogP contribution in [0.5, 0.6) is 5.75 Å². The molecule has 0 saturated carbocycles. The molecule has 0 radical (unpaired) electrons. The Morgan fingerprint density at radius 3 is 2.96 bits per heavy atom. The highest BCUT2D eigenvalue weighted by atomic mass is 32.2. The lowest BCUT2D eigenvalue weighted by Crippen LogP contribution is -2.17. The number of fused-ring (bicyclic) bond motifs is 2. The van der Waals surface area contributed by atoms with Crippen LogP contribution in [0.2, 0.25) is 0 Å². The van der Waals surface area contributed by atoms with Crippen LogP contribution in [0.25, 0.3) is 0 Å². The van der Waals surface area contributed by atoms with E-state index >= 15 is 0 Å². The first-order valence-electron chi connectivity index (χ1n) is 7.88. The molecule has 0 fully saturated rings. The fourth-order valence-corrected chi connectivity index (χ4v) is 4.51. The fourth-order valence-electron chi connectivity index (χ4n) is 3.34. The van der Waals surface area contributed by atoms with Crippen LogP contribution in [0.1, 0.15) is 29.7 Å². The van der Waals surface area contributed by atoms with Crippen molar-refractivity contribution >= 4 is 15.8 Å². The number of sulfonamides is 1. The van der Waals surface area contributed by atoms with Crippen molar-refractivity contribution in [1.82, 2.24) is 9.78 Å². The van der Waals surface area contributed by atoms with E-state index in [0.717, 1.165) is 54.7 Å². The predicted molar refractivity (Wildman–Crippen MR) is 86.3 cm³/mol. The van der Waals surface area contributed by atoms with Gasteiger partial charge in [-0.25, -0.2) is 8.42 Å². The summed E-state index contributed by atoms with van der Waals surface area (Å²) in [5, 5.41) is 4.41. The molecule has 1 aromatic heterocycles. The largest absolute Gasteiger partial charge is 0.493 e. The second-order valence-electron chi connectivity index (χ2n) is 6.08. The smallest absolute Gasteiger partial charge is 0.263 e. The number of aromatic nitrogens is 2. The van der Waals surface area contributed by atoms with Crippen molar-refractivity contribution in [1.29, 1.82) is 0 Å². The molecule has 2 aliphatic rings. The SMILES string of the molecule is Cn1nc2c(c1NS(=O)(=O)c1ccc3c(c1)CCCO3)CCC2. The van der Waals surface area contributed by atoms with Crippen molar-refractivity contribution in [2.75, 3.05) is 11.3 Å². The monoisotopic (exact) mass is 333 g/mol. The van der Waals surface area contributed by atoms with Gasteiger partial charge in [0, 0.05) is 12.6 Å². The first-order chi connectivity index (χ1) is 11.0. The van der Waals surface area contributed by atoms with E-state index < -0.39 is 10.0 Å². The molecule has 1 aliphatic heterocycles. The Labute approximate surface area is 135 Å². The zero-order chi connectivity index (χ0) is 16.0. The van der Waals surface area contributed by atoms with Gasteiger partial charge in [0.15, 0.2) is 0 Å². The van der Waals surface area contributed by atoms with Crippen LogP contribution in [0, 0.1) is 0 Å². The molecule has 0 spiro atoms. The second-order valence-corrected chi connectivity index (χ2v) is 7.76. The third-order valence-corrected chi connectivity index (χ3v) is 5.83. The van der Waals surface area contributed by atoms with Crippen LogP contribution in [-0.4, -0.2) is 24.8 Å². The maximum absolute atomic E-state index is 12.7. The summed E-state index contributed by atoms with van der Waals surface area (Å²) in [7, 11) is -1.85. The highest BCUT2D eigenvalue weighted by molar-refractivity contribution is 7.92. The number of rotatable bonds is 3. The van der Waals surface area contributed by atoms with Gasteiger partial charge in [-0.05, 0) is 55.9 Å². The van der Waals surface area contributed by atoms with Crippen LogP contribution in [0.15, 0.2) is 23.1 Å². The molecule has 1 aliphatic carbocycles. The summed E-state index contributed by atoms with van der Waals surface area (Å²) in [6.07, 6.45) is 4.59. The summed E-state index contributed by atoms with van der Waals surface area (Å²) in [6.45, 7) is 0.693. The van der Waals surface area contributed by atoms with Gasteiger partial charge in [0.1, 0.15) is 11.6 Å². The lowest BCUT2D eigenvalue weighted by Gasteiger charge is -2.18. The Morgan fingerprint density at radius 2 is 2.09 bits per heavy atom. The molecule has 0 atom stereocenters. The molecule has 1 aromatic carbocycles. The highest BCUT2D eigenvalue weighted by Crippen LogP contribution is 2.31. The Hall–Kier alpha value is -2.02. The summed E-state index contributed by atoms with van der Waals surface area (Å²) in [4.78, 5) is 0.273. The van der Waals surface area contributed by atoms with Gasteiger partial charge in [-0.1, -0.05) is 0 Å². The van der Waals surface area contributed by atoms with E-state index in [-0.39, 0.29) is 4.90 Å². The summed E-state index contributed by atoms with van der Waals surface area (Å²) < 4.78 is 35.4. The number of nitrogens with zero attached hydrogens (tertiary/aromatic N) is 2. The van der Waals surface area contributed by atoms with Crippen LogP contribution in [0.3, 0.4) is 0 Å². The molecule has 7 heteroatoms. The molecular formula is C16H19N3O3S. The molecule has 0 unspecified atom stereocenters. The average Bonchev–Trinajstić information content (AvgIpc) is 3.10. The molecule has 122 valence electrons. The van der Waals surface area contributed by atoms with Gasteiger partial charge in [-0.2, -0.15) is 5.10 Å². The minimum Gasteiger partial charge on any atom is -0.493 e. The molecule has 2 aromatic rings. The minimum absolute atomic E-state index is 0.273. The van der Waals surface area contributed by atoms with Gasteiger partial charge < -0.3 is 4.74 Å². The standard InChI is InChI=1S/C16H19N3O3S/c1-19-16(13-5-2-6-14(13)17-19)18-23(20,21)12-7-8-15-11(10-12)4-3-9-22-15/h7-8,10,18H,2-6,9H2,1H3. The van der Waals surface area contributed by atoms with E-state index in [1.165, 1.54) is 0 Å². The van der Waals surface area contributed by atoms with E-state index in [9.17, 15) is 8.42 Å². The predicted octanol–water partition coefficient (Wildman–Crippen LogP) is 2.03. The quantitative estimate of drug-likeness (QED) is 0.933. The van der Waals surface area contributed by atoms with Crippen molar-refractivity contribution in [2.45, 2.75) is 37.0 Å². The summed E-state index contributed by atoms with van der Waals surface area (Å²) in [5.74, 6) is 1.38. The number of hydrogen-bond donors (Lipinski definition) is 1. The van der Waals surface area contributed by atoms with Crippen molar-refractivity contribution in [2.24, 2.45) is 7.05 Å². The number of benzene rings is 1. The third kappa shape index (κ3) is 2.49. The molecule has 4 rings (SSSR count). The first-order valence-corrected chi connectivity index (χ1v) is 9.36. The van der Waals surface area contributed by atoms with Crippen molar-refractivity contribution < 1.29 is 13.2 Å². The van der Waals surface area contributed by atoms with Gasteiger partial charge in [-0.3, -0.25) is 9.40 Å². The number of aryl methyl sites for hydroxylation is 3. The lowest BCUT2D eigenvalue weighted by molar-refractivity contribution is 0.288. The van der Waals surface area contributed by atoms with Gasteiger partial charge in [0.25, 0.3) is 10.0 Å². The van der Waals surface area contributed by atoms with Crippen LogP contribution >= 0.6 is 0 Å². The van der Waals surface area contributed by atoms with Crippen LogP contribution < -0.4 is 9.46 Å². The molecule has 0 saturated heterocycles. The first kappa shape index (κ1) is 14.6. The summed E-state index contributed by atoms with van der Waals surface area (Å²) in [6, 6.07) is 5.06. The van der Waals surface area contributed by atoms with Gasteiger partial charge >= 0.3 is 0 Å². The Bertz CT molecular complexity index is 871. The molecule has 6 nitrogen and oxygen atoms in total. The highest BCUT2D eigenvalue weighted by Gasteiger charge is 2.25. The second kappa shape index (κ2) is 5.26. The van der Waals surface area contributed by atoms with Crippen molar-refractivity contribution in [3.63, 3.8) is 0 Å². The number of nitrogens with one attached hydrogen (secondary N) is 1. The van der Waals surface area contributed by atoms with Crippen molar-refractivity contribution in [3.8, 4) is 5.75 Å². The fraction of sp³-hybridized carbons (Fsp3) is 0.438. The Kier molecular flexibility index (Phi) is 3.33. The average molecular weight is 333 g/mol. The van der Waals surface area contributed by atoms with Crippen LogP contribution in [-0.2, 0) is 36.3 Å². The molecule has 23 heavy (non-hydrogen) atoms. The number of ether oxygens (including phenoxy) is 1. The van der Waals surface area contributed by atoms with E-state index in [0.29, 0.717) is 12.4 Å². The zero-order valence-corrected chi connectivity index (χ0v) is 13.8. The topological polar surface area (TPSA) is 73.2 Å². The summed E-state index contributed by atoms with van der Waals surface area (Å²) in [5.41, 5.74) is 2.98. The molecule has 1 N–H and O–H groups in total. The summed E-state index contributed by atoms with van der Waals surface area (Å²) >= 11 is 0. The van der Waals surface area contributed by atoms with Crippen LogP contribution in [0.4, 0.5) is 5.82 Å². The van der Waals surface area contributed by atoms with Gasteiger partial charge in [0.05, 0.1) is 17.2 Å². The number of hydrogen-bond acceptors (Lipinski definition) is 4. The Morgan fingerprint density at radius 1 is 1.22 bits per heavy atom. The minimum atomic E-state index is -3.63. The van der Waals surface area contributed by atoms with E-state index in [1.807, 2.05) is 0 Å². The molecule has 2 heterocycles. The third-order valence-electron chi connectivity index (χ3n) is 4.49. The van der Waals surface area contributed by atoms with Gasteiger partial charge in [-0.15, -0.1) is 0 Å². The van der Waals surface area contributed by atoms with E-state index in [4.69, 9.17) is 4.74 Å². The maximum atomic E-state index is 12.7. The molecule has 0 bridgehead atoms. The van der Waals surface area contributed by atoms with Gasteiger partial charge in [0.2, 0.25) is 0 Å². The Balaban J connectivity index is 1.69. The van der Waals surface area contributed by atoms with Crippen molar-refractivity contribution in [3.05, 3.63) is 35.0 Å². The van der Waals surface area contributed by atoms with E-state index in [1.54, 1.807) is 29.9 Å². The normalized spacial score (nSPS) is 16.6.